The van der Waals surface area contributed by atoms with Gasteiger partial charge in [-0.15, -0.1) is 0 Å². The van der Waals surface area contributed by atoms with Crippen molar-refractivity contribution >= 4 is 35.0 Å². The number of nitrogens with zero attached hydrogens (tertiary/aromatic N) is 4. The van der Waals surface area contributed by atoms with Crippen molar-refractivity contribution in [1.29, 1.82) is 0 Å². The van der Waals surface area contributed by atoms with Crippen molar-refractivity contribution in [2.45, 2.75) is 66.7 Å². The zero-order chi connectivity index (χ0) is 45.1. The Labute approximate surface area is 369 Å². The maximum Gasteiger partial charge on any atom is 0.255 e. The van der Waals surface area contributed by atoms with E-state index in [-0.39, 0.29) is 23.1 Å². The number of primary amides is 1. The smallest absolute Gasteiger partial charge is 0.255 e. The van der Waals surface area contributed by atoms with Crippen LogP contribution in [0.2, 0.25) is 0 Å². The number of benzene rings is 2. The Hall–Kier alpha value is -4.89. The van der Waals surface area contributed by atoms with Gasteiger partial charge in [-0.1, -0.05) is 39.7 Å². The molecule has 3 aromatic rings. The van der Waals surface area contributed by atoms with E-state index in [2.05, 4.69) is 60.0 Å². The van der Waals surface area contributed by atoms with E-state index in [1.807, 2.05) is 25.2 Å². The molecule has 1 aliphatic carbocycles. The molecule has 2 aromatic carbocycles. The molecule has 2 unspecified atom stereocenters. The molecule has 1 aliphatic rings. The first-order chi connectivity index (χ1) is 29.8. The summed E-state index contributed by atoms with van der Waals surface area (Å²) in [4.78, 5) is 62.6. The van der Waals surface area contributed by atoms with Gasteiger partial charge in [-0.05, 0) is 101 Å². The number of likely N-dealkylation sites (N-methyl/N-ethyl adjacent to an activating group) is 2. The second-order valence-corrected chi connectivity index (χ2v) is 16.7. The Balaban J connectivity index is 1.14. The molecule has 0 saturated heterocycles. The molecular weight excluding hydrogens is 787 g/mol. The molecule has 4 N–H and O–H groups in total. The summed E-state index contributed by atoms with van der Waals surface area (Å²) in [6.45, 7) is 17.5. The number of hydrogen-bond acceptors (Lipinski definition) is 10. The maximum absolute atomic E-state index is 13.6. The van der Waals surface area contributed by atoms with Crippen molar-refractivity contribution < 1.29 is 33.4 Å². The Morgan fingerprint density at radius 2 is 1.42 bits per heavy atom. The lowest BCUT2D eigenvalue weighted by Gasteiger charge is -2.33. The molecule has 0 spiro atoms. The second kappa shape index (κ2) is 25.3. The van der Waals surface area contributed by atoms with Crippen LogP contribution in [0.25, 0.3) is 11.3 Å². The molecule has 4 rings (SSSR count). The fraction of sp³-hybridized carbons (Fsp3) is 0.562. The second-order valence-electron chi connectivity index (χ2n) is 16.7. The van der Waals surface area contributed by atoms with Gasteiger partial charge in [-0.3, -0.25) is 24.2 Å². The van der Waals surface area contributed by atoms with Gasteiger partial charge in [0, 0.05) is 85.9 Å². The molecule has 14 heteroatoms. The van der Waals surface area contributed by atoms with Gasteiger partial charge in [0.1, 0.15) is 0 Å². The predicted molar refractivity (Wildman–Crippen MR) is 246 cm³/mol. The summed E-state index contributed by atoms with van der Waals surface area (Å²) in [5.41, 5.74) is 8.90. The number of pyridine rings is 1. The topological polar surface area (TPSA) is 169 Å². The van der Waals surface area contributed by atoms with Crippen LogP contribution < -0.4 is 21.3 Å². The van der Waals surface area contributed by atoms with Gasteiger partial charge in [-0.25, -0.2) is 0 Å². The van der Waals surface area contributed by atoms with E-state index in [0.29, 0.717) is 111 Å². The third kappa shape index (κ3) is 14.9. The van der Waals surface area contributed by atoms with Crippen LogP contribution in [-0.4, -0.2) is 131 Å². The maximum atomic E-state index is 13.6. The van der Waals surface area contributed by atoms with E-state index in [4.69, 9.17) is 19.9 Å². The van der Waals surface area contributed by atoms with Crippen LogP contribution in [0, 0.1) is 17.3 Å². The van der Waals surface area contributed by atoms with Gasteiger partial charge in [0.25, 0.3) is 11.8 Å². The number of nitrogens with one attached hydrogen (secondary N) is 2. The molecule has 340 valence electrons. The number of amides is 4. The van der Waals surface area contributed by atoms with E-state index in [1.54, 1.807) is 48.3 Å². The summed E-state index contributed by atoms with van der Waals surface area (Å²) < 4.78 is 17.1. The average Bonchev–Trinajstić information content (AvgIpc) is 3.43. The highest BCUT2D eigenvalue weighted by atomic mass is 16.5. The van der Waals surface area contributed by atoms with Crippen molar-refractivity contribution in [3.8, 4) is 11.3 Å². The Morgan fingerprint density at radius 3 is 2.06 bits per heavy atom. The van der Waals surface area contributed by atoms with E-state index in [9.17, 15) is 19.2 Å². The van der Waals surface area contributed by atoms with Crippen LogP contribution in [0.5, 0.6) is 0 Å². The van der Waals surface area contributed by atoms with Gasteiger partial charge in [-0.2, -0.15) is 0 Å². The highest BCUT2D eigenvalue weighted by Gasteiger charge is 2.40. The quantitative estimate of drug-likeness (QED) is 0.0645. The first-order valence-electron chi connectivity index (χ1n) is 22.3. The number of anilines is 2. The van der Waals surface area contributed by atoms with Crippen molar-refractivity contribution in [2.75, 3.05) is 103 Å². The minimum atomic E-state index is -0.573. The molecule has 14 nitrogen and oxygen atoms in total. The molecule has 1 fully saturated rings. The molecule has 0 bridgehead atoms. The fourth-order valence-electron chi connectivity index (χ4n) is 8.12. The molecule has 1 aromatic heterocycles. The number of ether oxygens (including phenoxy) is 3. The zero-order valence-electron chi connectivity index (χ0n) is 38.2. The SMILES string of the molecule is CCN(CC)c1ccc(NC(=O)c2cccc(C(=O)N(C)CCN(C)CCOCCOCCOCCNC(=O)C3(CC)CC(C)CCC(C)C3)c2)c(-c2cc(C(N)=O)ccn2)c1. The van der Waals surface area contributed by atoms with Gasteiger partial charge >= 0.3 is 0 Å². The van der Waals surface area contributed by atoms with Gasteiger partial charge in [0.2, 0.25) is 11.8 Å². The molecule has 4 amide bonds. The molecule has 1 saturated carbocycles. The monoisotopic (exact) mass is 858 g/mol. The first kappa shape index (κ1) is 49.8. The number of carbonyl (C=O) groups excluding carboxylic acids is 4. The van der Waals surface area contributed by atoms with Crippen molar-refractivity contribution in [2.24, 2.45) is 23.0 Å². The predicted octanol–water partition coefficient (Wildman–Crippen LogP) is 6.36. The molecule has 62 heavy (non-hydrogen) atoms. The van der Waals surface area contributed by atoms with Crippen LogP contribution >= 0.6 is 0 Å². The van der Waals surface area contributed by atoms with Gasteiger partial charge < -0.3 is 45.3 Å². The summed E-state index contributed by atoms with van der Waals surface area (Å²) in [6.07, 6.45) is 6.70. The Bertz CT molecular complexity index is 1890. The molecule has 1 heterocycles. The summed E-state index contributed by atoms with van der Waals surface area (Å²) >= 11 is 0. The van der Waals surface area contributed by atoms with E-state index >= 15 is 0 Å². The standard InChI is InChI=1S/C48H71N7O7/c1-8-48(33-35(4)14-15-36(5)34-48)47(59)51-20-24-60-26-28-62-29-27-61-25-23-53(6)21-22-54(7)46(58)39-13-11-12-38(30-39)45(57)52-42-17-16-40(55(9-2)10-3)32-41(42)43-31-37(44(49)56)18-19-50-43/h11-13,16-19,30-32,35-36H,8-10,14-15,20-29,33-34H2,1-7H3,(H2,49,56)(H,51,59)(H,52,57). The number of carbonyl (C=O) groups is 4. The summed E-state index contributed by atoms with van der Waals surface area (Å²) in [7, 11) is 3.72. The minimum Gasteiger partial charge on any atom is -0.378 e. The van der Waals surface area contributed by atoms with Crippen LogP contribution in [0.4, 0.5) is 11.4 Å². The van der Waals surface area contributed by atoms with Crippen molar-refractivity contribution in [1.82, 2.24) is 20.1 Å². The zero-order valence-corrected chi connectivity index (χ0v) is 38.2. The lowest BCUT2D eigenvalue weighted by Crippen LogP contribution is -2.43. The minimum absolute atomic E-state index is 0.170. The van der Waals surface area contributed by atoms with E-state index in [0.717, 1.165) is 38.0 Å². The van der Waals surface area contributed by atoms with Gasteiger partial charge in [0.05, 0.1) is 51.0 Å². The van der Waals surface area contributed by atoms with Crippen LogP contribution in [-0.2, 0) is 19.0 Å². The fourth-order valence-corrected chi connectivity index (χ4v) is 8.12. The highest BCUT2D eigenvalue weighted by Crippen LogP contribution is 2.43. The lowest BCUT2D eigenvalue weighted by molar-refractivity contribution is -0.133. The van der Waals surface area contributed by atoms with Crippen molar-refractivity contribution in [3.05, 3.63) is 77.5 Å². The summed E-state index contributed by atoms with van der Waals surface area (Å²) in [5.74, 6) is 0.153. The Morgan fingerprint density at radius 1 is 0.774 bits per heavy atom. The number of aromatic nitrogens is 1. The molecular formula is C48H71N7O7. The third-order valence-corrected chi connectivity index (χ3v) is 11.9. The normalized spacial score (nSPS) is 17.6. The van der Waals surface area contributed by atoms with Crippen LogP contribution in [0.3, 0.4) is 0 Å². The lowest BCUT2D eigenvalue weighted by atomic mass is 9.73. The van der Waals surface area contributed by atoms with E-state index < -0.39 is 5.91 Å². The highest BCUT2D eigenvalue weighted by molar-refractivity contribution is 6.08. The molecule has 2 atom stereocenters. The Kier molecular flexibility index (Phi) is 20.3. The first-order valence-corrected chi connectivity index (χ1v) is 22.3. The summed E-state index contributed by atoms with van der Waals surface area (Å²) in [6, 6.07) is 15.5. The molecule has 0 radical (unpaired) electrons. The van der Waals surface area contributed by atoms with E-state index in [1.165, 1.54) is 19.0 Å². The van der Waals surface area contributed by atoms with Crippen LogP contribution in [0.15, 0.2) is 60.8 Å². The van der Waals surface area contributed by atoms with Crippen LogP contribution in [0.1, 0.15) is 97.8 Å². The molecule has 0 aliphatic heterocycles. The summed E-state index contributed by atoms with van der Waals surface area (Å²) in [5, 5.41) is 6.12. The van der Waals surface area contributed by atoms with Crippen molar-refractivity contribution in [3.63, 3.8) is 0 Å². The number of rotatable bonds is 25. The van der Waals surface area contributed by atoms with Gasteiger partial charge in [0.15, 0.2) is 0 Å². The largest absolute Gasteiger partial charge is 0.378 e. The average molecular weight is 858 g/mol. The number of hydrogen-bond donors (Lipinski definition) is 3. The third-order valence-electron chi connectivity index (χ3n) is 11.9. The number of nitrogens with two attached hydrogens (primary N) is 1.